The molecular weight excluding hydrogens is 258 g/mol. The molecule has 0 amide bonds. The van der Waals surface area contributed by atoms with Crippen LogP contribution >= 0.6 is 0 Å². The second-order valence-corrected chi connectivity index (χ2v) is 4.18. The standard InChI is InChI=1S/C14H9N3O3/c18-9-10-3-2-8-16(10)13-6-5-12-11(4-1-7-15-12)14(13)17(19)20/h1-9H. The van der Waals surface area contributed by atoms with E-state index in [4.69, 9.17) is 0 Å². The maximum atomic E-state index is 11.4. The van der Waals surface area contributed by atoms with Crippen LogP contribution in [0.1, 0.15) is 10.5 Å². The van der Waals surface area contributed by atoms with Crippen molar-refractivity contribution in [1.29, 1.82) is 0 Å². The molecule has 0 saturated heterocycles. The van der Waals surface area contributed by atoms with E-state index in [2.05, 4.69) is 4.98 Å². The second kappa shape index (κ2) is 4.58. The molecular formula is C14H9N3O3. The number of benzene rings is 1. The topological polar surface area (TPSA) is 78.0 Å². The van der Waals surface area contributed by atoms with Crippen molar-refractivity contribution >= 4 is 22.9 Å². The molecule has 0 N–H and O–H groups in total. The SMILES string of the molecule is O=Cc1cccn1-c1ccc2ncccc2c1[N+](=O)[O-]. The van der Waals surface area contributed by atoms with Gasteiger partial charge in [-0.2, -0.15) is 0 Å². The van der Waals surface area contributed by atoms with Crippen LogP contribution in [0.4, 0.5) is 5.69 Å². The number of aromatic nitrogens is 2. The van der Waals surface area contributed by atoms with Crippen LogP contribution in [0.25, 0.3) is 16.6 Å². The molecule has 6 nitrogen and oxygen atoms in total. The van der Waals surface area contributed by atoms with Gasteiger partial charge in [-0.05, 0) is 36.4 Å². The van der Waals surface area contributed by atoms with Crippen LogP contribution in [0.5, 0.6) is 0 Å². The van der Waals surface area contributed by atoms with E-state index >= 15 is 0 Å². The number of rotatable bonds is 3. The predicted molar refractivity (Wildman–Crippen MR) is 73.1 cm³/mol. The summed E-state index contributed by atoms with van der Waals surface area (Å²) in [5.74, 6) is 0. The highest BCUT2D eigenvalue weighted by atomic mass is 16.6. The summed E-state index contributed by atoms with van der Waals surface area (Å²) in [5, 5.41) is 11.9. The van der Waals surface area contributed by atoms with E-state index in [1.165, 1.54) is 4.57 Å². The largest absolute Gasteiger partial charge is 0.308 e. The highest BCUT2D eigenvalue weighted by Gasteiger charge is 2.21. The lowest BCUT2D eigenvalue weighted by atomic mass is 10.1. The van der Waals surface area contributed by atoms with E-state index in [0.717, 1.165) is 0 Å². The van der Waals surface area contributed by atoms with Crippen LogP contribution in [0.2, 0.25) is 0 Å². The molecule has 98 valence electrons. The maximum absolute atomic E-state index is 11.4. The molecule has 0 unspecified atom stereocenters. The number of nitrogens with zero attached hydrogens (tertiary/aromatic N) is 3. The van der Waals surface area contributed by atoms with Gasteiger partial charge in [0.25, 0.3) is 0 Å². The quantitative estimate of drug-likeness (QED) is 0.415. The van der Waals surface area contributed by atoms with Gasteiger partial charge in [0.2, 0.25) is 0 Å². The van der Waals surface area contributed by atoms with Gasteiger partial charge < -0.3 is 4.57 Å². The lowest BCUT2D eigenvalue weighted by Crippen LogP contribution is -2.03. The summed E-state index contributed by atoms with van der Waals surface area (Å²) in [6.45, 7) is 0. The molecule has 3 aromatic rings. The number of fused-ring (bicyclic) bond motifs is 1. The first-order valence-electron chi connectivity index (χ1n) is 5.87. The Morgan fingerprint density at radius 2 is 2.05 bits per heavy atom. The highest BCUT2D eigenvalue weighted by molar-refractivity contribution is 5.92. The normalized spacial score (nSPS) is 10.6. The summed E-state index contributed by atoms with van der Waals surface area (Å²) < 4.78 is 1.50. The Kier molecular flexibility index (Phi) is 2.76. The van der Waals surface area contributed by atoms with E-state index < -0.39 is 4.92 Å². The Morgan fingerprint density at radius 1 is 1.20 bits per heavy atom. The van der Waals surface area contributed by atoms with Crippen molar-refractivity contribution in [3.8, 4) is 5.69 Å². The number of hydrogen-bond donors (Lipinski definition) is 0. The fraction of sp³-hybridized carbons (Fsp3) is 0. The van der Waals surface area contributed by atoms with Gasteiger partial charge in [-0.15, -0.1) is 0 Å². The van der Waals surface area contributed by atoms with E-state index in [9.17, 15) is 14.9 Å². The number of aldehydes is 1. The fourth-order valence-corrected chi connectivity index (χ4v) is 2.22. The lowest BCUT2D eigenvalue weighted by Gasteiger charge is -2.08. The molecule has 0 aliphatic carbocycles. The molecule has 0 bridgehead atoms. The summed E-state index contributed by atoms with van der Waals surface area (Å²) in [5.41, 5.74) is 1.19. The number of carbonyl (C=O) groups excluding carboxylic acids is 1. The van der Waals surface area contributed by atoms with Crippen LogP contribution in [0.3, 0.4) is 0 Å². The third-order valence-corrected chi connectivity index (χ3v) is 3.08. The Morgan fingerprint density at radius 3 is 2.80 bits per heavy atom. The summed E-state index contributed by atoms with van der Waals surface area (Å²) in [6, 6.07) is 9.86. The van der Waals surface area contributed by atoms with Crippen molar-refractivity contribution in [3.05, 3.63) is 64.6 Å². The van der Waals surface area contributed by atoms with Gasteiger partial charge in [0.05, 0.1) is 21.5 Å². The fourth-order valence-electron chi connectivity index (χ4n) is 2.22. The van der Waals surface area contributed by atoms with E-state index in [0.29, 0.717) is 28.6 Å². The van der Waals surface area contributed by atoms with Crippen molar-refractivity contribution in [2.45, 2.75) is 0 Å². The first kappa shape index (κ1) is 12.0. The molecule has 20 heavy (non-hydrogen) atoms. The van der Waals surface area contributed by atoms with E-state index in [-0.39, 0.29) is 5.69 Å². The number of nitro groups is 1. The van der Waals surface area contributed by atoms with E-state index in [1.807, 2.05) is 0 Å². The average Bonchev–Trinajstić information content (AvgIpc) is 2.94. The molecule has 0 saturated carbocycles. The van der Waals surface area contributed by atoms with Crippen LogP contribution in [0, 0.1) is 10.1 Å². The predicted octanol–water partition coefficient (Wildman–Crippen LogP) is 2.75. The summed E-state index contributed by atoms with van der Waals surface area (Å²) in [4.78, 5) is 26.1. The van der Waals surface area contributed by atoms with Crippen molar-refractivity contribution < 1.29 is 9.72 Å². The highest BCUT2D eigenvalue weighted by Crippen LogP contribution is 2.31. The summed E-state index contributed by atoms with van der Waals surface area (Å²) in [7, 11) is 0. The Labute approximate surface area is 113 Å². The third kappa shape index (κ3) is 1.74. The minimum atomic E-state index is -0.450. The molecule has 1 aromatic carbocycles. The van der Waals surface area contributed by atoms with Crippen molar-refractivity contribution in [3.63, 3.8) is 0 Å². The Balaban J connectivity index is 2.39. The first-order chi connectivity index (χ1) is 9.72. The zero-order valence-electron chi connectivity index (χ0n) is 10.3. The molecule has 0 aliphatic heterocycles. The molecule has 2 heterocycles. The second-order valence-electron chi connectivity index (χ2n) is 4.18. The van der Waals surface area contributed by atoms with Crippen LogP contribution in [-0.2, 0) is 0 Å². The summed E-state index contributed by atoms with van der Waals surface area (Å²) >= 11 is 0. The zero-order valence-corrected chi connectivity index (χ0v) is 10.3. The number of pyridine rings is 1. The van der Waals surface area contributed by atoms with Crippen molar-refractivity contribution in [1.82, 2.24) is 9.55 Å². The molecule has 0 radical (unpaired) electrons. The number of nitro benzene ring substituents is 1. The minimum absolute atomic E-state index is 0.0603. The van der Waals surface area contributed by atoms with Crippen LogP contribution < -0.4 is 0 Å². The van der Waals surface area contributed by atoms with Crippen LogP contribution in [-0.4, -0.2) is 20.8 Å². The van der Waals surface area contributed by atoms with Crippen molar-refractivity contribution in [2.24, 2.45) is 0 Å². The molecule has 2 aromatic heterocycles. The third-order valence-electron chi connectivity index (χ3n) is 3.08. The smallest absolute Gasteiger partial charge is 0.302 e. The maximum Gasteiger partial charge on any atom is 0.302 e. The number of carbonyl (C=O) groups is 1. The Hall–Kier alpha value is -3.02. The molecule has 3 rings (SSSR count). The Bertz CT molecular complexity index is 823. The lowest BCUT2D eigenvalue weighted by molar-refractivity contribution is -0.382. The van der Waals surface area contributed by atoms with Crippen molar-refractivity contribution in [2.75, 3.05) is 0 Å². The van der Waals surface area contributed by atoms with Gasteiger partial charge in [-0.1, -0.05) is 0 Å². The van der Waals surface area contributed by atoms with Gasteiger partial charge in [0.15, 0.2) is 6.29 Å². The van der Waals surface area contributed by atoms with Gasteiger partial charge in [0.1, 0.15) is 5.69 Å². The zero-order chi connectivity index (χ0) is 14.1. The van der Waals surface area contributed by atoms with Gasteiger partial charge >= 0.3 is 5.69 Å². The molecule has 6 heteroatoms. The molecule has 0 atom stereocenters. The first-order valence-corrected chi connectivity index (χ1v) is 5.87. The van der Waals surface area contributed by atoms with Gasteiger partial charge in [-0.25, -0.2) is 0 Å². The average molecular weight is 267 g/mol. The molecule has 0 spiro atoms. The molecule has 0 fully saturated rings. The van der Waals surface area contributed by atoms with Gasteiger partial charge in [-0.3, -0.25) is 19.9 Å². The van der Waals surface area contributed by atoms with E-state index in [1.54, 1.807) is 48.8 Å². The monoisotopic (exact) mass is 267 g/mol. The summed E-state index contributed by atoms with van der Waals surface area (Å²) in [6.07, 6.45) is 3.86. The van der Waals surface area contributed by atoms with Crippen LogP contribution in [0.15, 0.2) is 48.8 Å². The minimum Gasteiger partial charge on any atom is -0.308 e. The number of hydrogen-bond acceptors (Lipinski definition) is 4. The van der Waals surface area contributed by atoms with Gasteiger partial charge in [0, 0.05) is 12.4 Å². The molecule has 0 aliphatic rings.